The molecule has 1 aromatic rings. The maximum Gasteiger partial charge on any atom is 0.154 e. The van der Waals surface area contributed by atoms with Gasteiger partial charge in [0, 0.05) is 11.3 Å². The predicted molar refractivity (Wildman–Crippen MR) is 64.9 cm³/mol. The minimum Gasteiger partial charge on any atom is -0.260 e. The highest BCUT2D eigenvalue weighted by Gasteiger charge is 2.12. The van der Waals surface area contributed by atoms with Gasteiger partial charge in [0.25, 0.3) is 0 Å². The highest BCUT2D eigenvalue weighted by molar-refractivity contribution is 6.11. The molecule has 0 atom stereocenters. The molecule has 0 radical (unpaired) electrons. The third kappa shape index (κ3) is 2.18. The molecule has 0 spiro atoms. The summed E-state index contributed by atoms with van der Waals surface area (Å²) in [5.74, 6) is 0.562. The number of hydrogen-bond acceptors (Lipinski definition) is 2. The second-order valence-electron chi connectivity index (χ2n) is 4.03. The molecule has 1 aliphatic heterocycles. The van der Waals surface area contributed by atoms with E-state index in [1.807, 2.05) is 0 Å². The Morgan fingerprint density at radius 1 is 1.38 bits per heavy atom. The fourth-order valence-corrected chi connectivity index (χ4v) is 1.75. The van der Waals surface area contributed by atoms with Crippen molar-refractivity contribution in [1.29, 1.82) is 0 Å². The van der Waals surface area contributed by atoms with E-state index in [4.69, 9.17) is 0 Å². The van der Waals surface area contributed by atoms with E-state index in [-0.39, 0.29) is 5.82 Å². The van der Waals surface area contributed by atoms with Gasteiger partial charge < -0.3 is 0 Å². The molecular formula is C13H15FN2. The van der Waals surface area contributed by atoms with E-state index >= 15 is 0 Å². The third-order valence-corrected chi connectivity index (χ3v) is 2.63. The highest BCUT2D eigenvalue weighted by Crippen LogP contribution is 2.14. The second-order valence-corrected chi connectivity index (χ2v) is 4.03. The van der Waals surface area contributed by atoms with Gasteiger partial charge >= 0.3 is 0 Å². The first-order chi connectivity index (χ1) is 7.70. The number of amidine groups is 1. The van der Waals surface area contributed by atoms with Crippen LogP contribution >= 0.6 is 0 Å². The molecule has 0 aromatic heterocycles. The Bertz CT molecular complexity index is 461. The summed E-state index contributed by atoms with van der Waals surface area (Å²) in [5.41, 5.74) is 2.67. The van der Waals surface area contributed by atoms with Crippen molar-refractivity contribution in [2.24, 2.45) is 9.98 Å². The summed E-state index contributed by atoms with van der Waals surface area (Å²) in [7, 11) is 0. The van der Waals surface area contributed by atoms with E-state index in [0.29, 0.717) is 12.1 Å². The van der Waals surface area contributed by atoms with Crippen LogP contribution in [-0.2, 0) is 0 Å². The maximum absolute atomic E-state index is 13.1. The third-order valence-electron chi connectivity index (χ3n) is 2.63. The van der Waals surface area contributed by atoms with Crippen LogP contribution in [0.3, 0.4) is 0 Å². The van der Waals surface area contributed by atoms with E-state index in [1.165, 1.54) is 6.07 Å². The van der Waals surface area contributed by atoms with Gasteiger partial charge in [-0.1, -0.05) is 13.3 Å². The van der Waals surface area contributed by atoms with Crippen molar-refractivity contribution in [3.8, 4) is 0 Å². The molecule has 1 aliphatic rings. The number of nitrogens with zero attached hydrogens (tertiary/aromatic N) is 2. The first kappa shape index (κ1) is 11.0. The quantitative estimate of drug-likeness (QED) is 0.744. The molecule has 0 amide bonds. The first-order valence-electron chi connectivity index (χ1n) is 5.58. The van der Waals surface area contributed by atoms with E-state index in [9.17, 15) is 4.39 Å². The lowest BCUT2D eigenvalue weighted by Gasteiger charge is -2.00. The summed E-state index contributed by atoms with van der Waals surface area (Å²) >= 11 is 0. The summed E-state index contributed by atoms with van der Waals surface area (Å²) in [6, 6.07) is 5.01. The number of aryl methyl sites for hydroxylation is 1. The monoisotopic (exact) mass is 218 g/mol. The van der Waals surface area contributed by atoms with Gasteiger partial charge in [-0.2, -0.15) is 0 Å². The number of benzene rings is 1. The molecule has 0 unspecified atom stereocenters. The molecule has 2 nitrogen and oxygen atoms in total. The standard InChI is InChI=1S/C13H15FN2/c1-3-4-11-8-15-13(16-11)10-5-6-12(14)9(2)7-10/h5-7H,3-4,8H2,1-2H3. The number of halogens is 1. The molecule has 1 aromatic carbocycles. The van der Waals surface area contributed by atoms with Crippen LogP contribution in [0, 0.1) is 12.7 Å². The van der Waals surface area contributed by atoms with E-state index < -0.39 is 0 Å². The van der Waals surface area contributed by atoms with Gasteiger partial charge in [-0.15, -0.1) is 0 Å². The van der Waals surface area contributed by atoms with E-state index in [1.54, 1.807) is 19.1 Å². The van der Waals surface area contributed by atoms with Crippen molar-refractivity contribution < 1.29 is 4.39 Å². The zero-order chi connectivity index (χ0) is 11.5. The largest absolute Gasteiger partial charge is 0.260 e. The fraction of sp³-hybridized carbons (Fsp3) is 0.385. The molecule has 0 bridgehead atoms. The van der Waals surface area contributed by atoms with Gasteiger partial charge in [0.1, 0.15) is 5.82 Å². The first-order valence-corrected chi connectivity index (χ1v) is 5.58. The average molecular weight is 218 g/mol. The highest BCUT2D eigenvalue weighted by atomic mass is 19.1. The molecule has 84 valence electrons. The summed E-state index contributed by atoms with van der Waals surface area (Å²) in [6.07, 6.45) is 2.08. The SMILES string of the molecule is CCCC1=NC(c2ccc(F)c(C)c2)=NC1. The van der Waals surface area contributed by atoms with Crippen LogP contribution in [0.5, 0.6) is 0 Å². The second kappa shape index (κ2) is 4.56. The minimum absolute atomic E-state index is 0.180. The lowest BCUT2D eigenvalue weighted by atomic mass is 10.1. The smallest absolute Gasteiger partial charge is 0.154 e. The summed E-state index contributed by atoms with van der Waals surface area (Å²) in [6.45, 7) is 4.58. The maximum atomic E-state index is 13.1. The zero-order valence-electron chi connectivity index (χ0n) is 9.63. The van der Waals surface area contributed by atoms with Crippen molar-refractivity contribution in [3.05, 3.63) is 35.1 Å². The Morgan fingerprint density at radius 2 is 2.19 bits per heavy atom. The Hall–Kier alpha value is -1.51. The molecular weight excluding hydrogens is 203 g/mol. The molecule has 0 saturated carbocycles. The number of aliphatic imine (C=N–C) groups is 2. The number of rotatable bonds is 3. The zero-order valence-corrected chi connectivity index (χ0v) is 9.63. The van der Waals surface area contributed by atoms with E-state index in [0.717, 1.165) is 30.0 Å². The molecule has 3 heteroatoms. The number of hydrogen-bond donors (Lipinski definition) is 0. The van der Waals surface area contributed by atoms with Crippen LogP contribution in [0.2, 0.25) is 0 Å². The van der Waals surface area contributed by atoms with Crippen molar-refractivity contribution in [3.63, 3.8) is 0 Å². The van der Waals surface area contributed by atoms with Crippen molar-refractivity contribution in [2.75, 3.05) is 6.54 Å². The Labute approximate surface area is 94.9 Å². The lowest BCUT2D eigenvalue weighted by molar-refractivity contribution is 0.618. The van der Waals surface area contributed by atoms with Crippen molar-refractivity contribution in [2.45, 2.75) is 26.7 Å². The molecule has 0 saturated heterocycles. The molecule has 2 rings (SSSR count). The summed E-state index contributed by atoms with van der Waals surface area (Å²) in [4.78, 5) is 8.83. The average Bonchev–Trinajstić information content (AvgIpc) is 2.71. The van der Waals surface area contributed by atoms with Gasteiger partial charge in [-0.05, 0) is 37.1 Å². The van der Waals surface area contributed by atoms with Crippen molar-refractivity contribution in [1.82, 2.24) is 0 Å². The van der Waals surface area contributed by atoms with E-state index in [2.05, 4.69) is 16.9 Å². The molecule has 16 heavy (non-hydrogen) atoms. The van der Waals surface area contributed by atoms with Crippen LogP contribution in [-0.4, -0.2) is 18.1 Å². The Kier molecular flexibility index (Phi) is 3.13. The fourth-order valence-electron chi connectivity index (χ4n) is 1.75. The summed E-state index contributed by atoms with van der Waals surface area (Å²) in [5, 5.41) is 0. The molecule has 0 aliphatic carbocycles. The molecule has 1 heterocycles. The Balaban J connectivity index is 2.23. The topological polar surface area (TPSA) is 24.7 Å². The van der Waals surface area contributed by atoms with Gasteiger partial charge in [-0.3, -0.25) is 4.99 Å². The lowest BCUT2D eigenvalue weighted by Crippen LogP contribution is -1.98. The predicted octanol–water partition coefficient (Wildman–Crippen LogP) is 3.14. The van der Waals surface area contributed by atoms with Crippen LogP contribution in [0.25, 0.3) is 0 Å². The van der Waals surface area contributed by atoms with Gasteiger partial charge in [0.05, 0.1) is 6.54 Å². The van der Waals surface area contributed by atoms with Crippen LogP contribution < -0.4 is 0 Å². The summed E-state index contributed by atoms with van der Waals surface area (Å²) < 4.78 is 13.1. The van der Waals surface area contributed by atoms with Crippen molar-refractivity contribution >= 4 is 11.5 Å². The van der Waals surface area contributed by atoms with Gasteiger partial charge in [0.2, 0.25) is 0 Å². The molecule has 0 fully saturated rings. The van der Waals surface area contributed by atoms with Crippen LogP contribution in [0.15, 0.2) is 28.2 Å². The van der Waals surface area contributed by atoms with Crippen LogP contribution in [0.1, 0.15) is 30.9 Å². The Morgan fingerprint density at radius 3 is 2.88 bits per heavy atom. The minimum atomic E-state index is -0.180. The van der Waals surface area contributed by atoms with Gasteiger partial charge in [0.15, 0.2) is 5.84 Å². The van der Waals surface area contributed by atoms with Crippen LogP contribution in [0.4, 0.5) is 4.39 Å². The normalized spacial score (nSPS) is 14.9. The molecule has 0 N–H and O–H groups in total. The van der Waals surface area contributed by atoms with Gasteiger partial charge in [-0.25, -0.2) is 9.38 Å².